The number of benzene rings is 1. The lowest BCUT2D eigenvalue weighted by Gasteiger charge is -2.29. The summed E-state index contributed by atoms with van der Waals surface area (Å²) in [5.74, 6) is 1.85. The average Bonchev–Trinajstić information content (AvgIpc) is 2.87. The Morgan fingerprint density at radius 2 is 1.91 bits per heavy atom. The van der Waals surface area contributed by atoms with Crippen LogP contribution in [0.3, 0.4) is 0 Å². The number of fused-ring (bicyclic) bond motifs is 2. The van der Waals surface area contributed by atoms with Gasteiger partial charge < -0.3 is 10.6 Å². The van der Waals surface area contributed by atoms with E-state index in [2.05, 4.69) is 48.7 Å². The molecule has 0 aliphatic carbocycles. The molecule has 4 heteroatoms. The minimum absolute atomic E-state index is 0.0848. The van der Waals surface area contributed by atoms with Gasteiger partial charge in [0.1, 0.15) is 0 Å². The lowest BCUT2D eigenvalue weighted by atomic mass is 9.89. The maximum absolute atomic E-state index is 12.4. The van der Waals surface area contributed by atoms with E-state index in [4.69, 9.17) is 0 Å². The van der Waals surface area contributed by atoms with Gasteiger partial charge in [0, 0.05) is 23.4 Å². The highest BCUT2D eigenvalue weighted by Crippen LogP contribution is 2.32. The number of thioether (sulfide) groups is 1. The molecule has 0 aromatic heterocycles. The molecule has 1 aromatic carbocycles. The first-order chi connectivity index (χ1) is 11.1. The Bertz CT molecular complexity index is 519. The molecule has 1 unspecified atom stereocenters. The van der Waals surface area contributed by atoms with E-state index >= 15 is 0 Å². The zero-order valence-electron chi connectivity index (χ0n) is 14.2. The molecule has 0 radical (unpaired) electrons. The Morgan fingerprint density at radius 1 is 1.26 bits per heavy atom. The molecule has 2 heterocycles. The van der Waals surface area contributed by atoms with E-state index in [9.17, 15) is 4.79 Å². The van der Waals surface area contributed by atoms with E-state index in [1.54, 1.807) is 0 Å². The molecule has 126 valence electrons. The average molecular weight is 333 g/mol. The van der Waals surface area contributed by atoms with Crippen molar-refractivity contribution >= 4 is 17.7 Å². The van der Waals surface area contributed by atoms with Gasteiger partial charge in [0.2, 0.25) is 5.91 Å². The van der Waals surface area contributed by atoms with Crippen molar-refractivity contribution in [3.05, 3.63) is 29.8 Å². The second kappa shape index (κ2) is 7.71. The summed E-state index contributed by atoms with van der Waals surface area (Å²) in [7, 11) is 0. The van der Waals surface area contributed by atoms with Crippen LogP contribution < -0.4 is 10.6 Å². The van der Waals surface area contributed by atoms with Gasteiger partial charge in [-0.2, -0.15) is 0 Å². The van der Waals surface area contributed by atoms with Crippen LogP contribution in [0.15, 0.2) is 29.2 Å². The van der Waals surface area contributed by atoms with Gasteiger partial charge in [0.15, 0.2) is 0 Å². The third-order valence-electron chi connectivity index (χ3n) is 5.11. The van der Waals surface area contributed by atoms with Crippen LogP contribution in [-0.4, -0.2) is 23.7 Å². The fourth-order valence-electron chi connectivity index (χ4n) is 4.01. The van der Waals surface area contributed by atoms with E-state index in [1.807, 2.05) is 11.8 Å². The topological polar surface area (TPSA) is 41.1 Å². The molecular weight excluding hydrogens is 304 g/mol. The van der Waals surface area contributed by atoms with E-state index in [0.29, 0.717) is 24.4 Å². The fourth-order valence-corrected chi connectivity index (χ4v) is 4.67. The second-order valence-corrected chi connectivity index (χ2v) is 8.31. The monoisotopic (exact) mass is 332 g/mol. The predicted molar refractivity (Wildman–Crippen MR) is 96.7 cm³/mol. The fraction of sp³-hybridized carbons (Fsp3) is 0.632. The molecule has 1 aromatic rings. The van der Waals surface area contributed by atoms with Crippen LogP contribution in [0.25, 0.3) is 0 Å². The number of hydrogen-bond donors (Lipinski definition) is 2. The third kappa shape index (κ3) is 4.51. The van der Waals surface area contributed by atoms with Crippen LogP contribution >= 0.6 is 11.8 Å². The Balaban J connectivity index is 1.48. The van der Waals surface area contributed by atoms with Crippen molar-refractivity contribution in [1.82, 2.24) is 10.6 Å². The summed E-state index contributed by atoms with van der Waals surface area (Å²) in [5, 5.41) is 6.82. The first-order valence-electron chi connectivity index (χ1n) is 8.92. The number of carbonyl (C=O) groups is 1. The predicted octanol–water partition coefficient (Wildman–Crippen LogP) is 3.90. The maximum Gasteiger partial charge on any atom is 0.220 e. The van der Waals surface area contributed by atoms with E-state index in [0.717, 1.165) is 5.75 Å². The van der Waals surface area contributed by atoms with Crippen molar-refractivity contribution in [2.75, 3.05) is 5.75 Å². The Hall–Kier alpha value is -1.00. The molecule has 23 heavy (non-hydrogen) atoms. The van der Waals surface area contributed by atoms with Gasteiger partial charge in [-0.1, -0.05) is 19.1 Å². The minimum atomic E-state index is 0.0848. The standard InChI is InChI=1S/C19H28N2OS/c1-3-23-18-8-4-15(5-9-18)13(2)20-19(22)12-14-10-16-6-7-17(11-14)21-16/h4-5,8-9,13-14,16-17,21H,3,6-7,10-12H2,1-2H3,(H,20,22)/t13-,14?,16-,17+/m1/s1. The second-order valence-electron chi connectivity index (χ2n) is 6.97. The van der Waals surface area contributed by atoms with Crippen molar-refractivity contribution in [1.29, 1.82) is 0 Å². The van der Waals surface area contributed by atoms with Crippen molar-refractivity contribution in [3.63, 3.8) is 0 Å². The maximum atomic E-state index is 12.4. The first-order valence-corrected chi connectivity index (χ1v) is 9.90. The number of hydrogen-bond acceptors (Lipinski definition) is 3. The molecule has 2 fully saturated rings. The van der Waals surface area contributed by atoms with Crippen molar-refractivity contribution in [2.45, 2.75) is 69.0 Å². The van der Waals surface area contributed by atoms with Crippen LogP contribution in [-0.2, 0) is 4.79 Å². The molecule has 1 amide bonds. The highest BCUT2D eigenvalue weighted by atomic mass is 32.2. The van der Waals surface area contributed by atoms with E-state index in [1.165, 1.54) is 36.1 Å². The van der Waals surface area contributed by atoms with Crippen molar-refractivity contribution in [2.24, 2.45) is 5.92 Å². The van der Waals surface area contributed by atoms with Gasteiger partial charge in [-0.05, 0) is 62.0 Å². The number of amides is 1. The summed E-state index contributed by atoms with van der Waals surface area (Å²) in [6, 6.07) is 9.97. The largest absolute Gasteiger partial charge is 0.350 e. The van der Waals surface area contributed by atoms with Crippen LogP contribution in [0.4, 0.5) is 0 Å². The van der Waals surface area contributed by atoms with Crippen LogP contribution in [0, 0.1) is 5.92 Å². The molecular formula is C19H28N2OS. The summed E-state index contributed by atoms with van der Waals surface area (Å²) in [4.78, 5) is 13.7. The highest BCUT2D eigenvalue weighted by Gasteiger charge is 2.34. The number of piperidine rings is 1. The molecule has 3 nitrogen and oxygen atoms in total. The number of nitrogens with one attached hydrogen (secondary N) is 2. The summed E-state index contributed by atoms with van der Waals surface area (Å²) in [6.07, 6.45) is 5.61. The number of carbonyl (C=O) groups excluding carboxylic acids is 1. The zero-order chi connectivity index (χ0) is 16.2. The van der Waals surface area contributed by atoms with E-state index < -0.39 is 0 Å². The van der Waals surface area contributed by atoms with Crippen molar-refractivity contribution < 1.29 is 4.79 Å². The Morgan fingerprint density at radius 3 is 2.52 bits per heavy atom. The normalized spacial score (nSPS) is 27.7. The SMILES string of the molecule is CCSc1ccc([C@@H](C)NC(=O)CC2C[C@H]3CC[C@@H](C2)N3)cc1. The Kier molecular flexibility index (Phi) is 5.65. The summed E-state index contributed by atoms with van der Waals surface area (Å²) in [6.45, 7) is 4.24. The zero-order valence-corrected chi connectivity index (χ0v) is 15.0. The van der Waals surface area contributed by atoms with Gasteiger partial charge in [-0.15, -0.1) is 11.8 Å². The van der Waals surface area contributed by atoms with Gasteiger partial charge in [0.25, 0.3) is 0 Å². The summed E-state index contributed by atoms with van der Waals surface area (Å²) in [5.41, 5.74) is 1.18. The quantitative estimate of drug-likeness (QED) is 0.776. The van der Waals surface area contributed by atoms with Gasteiger partial charge in [-0.25, -0.2) is 0 Å². The molecule has 2 aliphatic rings. The van der Waals surface area contributed by atoms with Crippen molar-refractivity contribution in [3.8, 4) is 0 Å². The van der Waals surface area contributed by atoms with Gasteiger partial charge in [0.05, 0.1) is 6.04 Å². The lowest BCUT2D eigenvalue weighted by molar-refractivity contribution is -0.122. The molecule has 2 aliphatic heterocycles. The first kappa shape index (κ1) is 16.8. The molecule has 0 saturated carbocycles. The molecule has 4 atom stereocenters. The highest BCUT2D eigenvalue weighted by molar-refractivity contribution is 7.99. The van der Waals surface area contributed by atoms with E-state index in [-0.39, 0.29) is 11.9 Å². The molecule has 2 bridgehead atoms. The van der Waals surface area contributed by atoms with Crippen LogP contribution in [0.2, 0.25) is 0 Å². The lowest BCUT2D eigenvalue weighted by Crippen LogP contribution is -2.40. The van der Waals surface area contributed by atoms with Crippen LogP contribution in [0.5, 0.6) is 0 Å². The minimum Gasteiger partial charge on any atom is -0.350 e. The Labute approximate surface area is 144 Å². The summed E-state index contributed by atoms with van der Waals surface area (Å²) < 4.78 is 0. The smallest absolute Gasteiger partial charge is 0.220 e. The van der Waals surface area contributed by atoms with Crippen LogP contribution in [0.1, 0.15) is 57.6 Å². The van der Waals surface area contributed by atoms with Gasteiger partial charge in [-0.3, -0.25) is 4.79 Å². The third-order valence-corrected chi connectivity index (χ3v) is 6.01. The molecule has 3 rings (SSSR count). The molecule has 2 N–H and O–H groups in total. The number of rotatable bonds is 6. The molecule has 0 spiro atoms. The molecule has 2 saturated heterocycles. The van der Waals surface area contributed by atoms with Gasteiger partial charge >= 0.3 is 0 Å². The summed E-state index contributed by atoms with van der Waals surface area (Å²) >= 11 is 1.85.